The minimum Gasteiger partial charge on any atom is -0.380 e. The zero-order chi connectivity index (χ0) is 7.98. The summed E-state index contributed by atoms with van der Waals surface area (Å²) in [6, 6.07) is 0. The highest BCUT2D eigenvalue weighted by Gasteiger charge is 1.88. The molecule has 0 aliphatic carbocycles. The molecule has 10 heavy (non-hydrogen) atoms. The van der Waals surface area contributed by atoms with Gasteiger partial charge in [0.1, 0.15) is 0 Å². The number of nitrogens with zero attached hydrogens (tertiary/aromatic N) is 2. The molecule has 0 bridgehead atoms. The standard InChI is InChI=1S/C7H14N2O/c1-7(6-10-4)5-9(3)8-2/h5H,2,6H2,1,3-4H3/b7-5+. The van der Waals surface area contributed by atoms with E-state index in [-0.39, 0.29) is 0 Å². The first-order valence-corrected chi connectivity index (χ1v) is 3.06. The summed E-state index contributed by atoms with van der Waals surface area (Å²) >= 11 is 0. The molecule has 0 fully saturated rings. The Morgan fingerprint density at radius 1 is 1.80 bits per heavy atom. The highest BCUT2D eigenvalue weighted by Crippen LogP contribution is 1.94. The normalized spacial score (nSPS) is 11.3. The average molecular weight is 142 g/mol. The molecule has 0 heterocycles. The Kier molecular flexibility index (Phi) is 4.58. The first-order valence-electron chi connectivity index (χ1n) is 3.06. The van der Waals surface area contributed by atoms with E-state index in [0.29, 0.717) is 6.61 Å². The summed E-state index contributed by atoms with van der Waals surface area (Å²) in [5, 5.41) is 5.31. The maximum Gasteiger partial charge on any atom is 0.0687 e. The van der Waals surface area contributed by atoms with E-state index in [9.17, 15) is 0 Å². The van der Waals surface area contributed by atoms with Crippen LogP contribution in [0.4, 0.5) is 0 Å². The van der Waals surface area contributed by atoms with Crippen LogP contribution in [0.1, 0.15) is 6.92 Å². The Balaban J connectivity index is 3.76. The molecule has 0 rings (SSSR count). The van der Waals surface area contributed by atoms with Crippen molar-refractivity contribution in [3.8, 4) is 0 Å². The topological polar surface area (TPSA) is 24.8 Å². The number of methoxy groups -OCH3 is 1. The molecule has 0 radical (unpaired) electrons. The van der Waals surface area contributed by atoms with E-state index >= 15 is 0 Å². The van der Waals surface area contributed by atoms with E-state index in [1.165, 1.54) is 0 Å². The van der Waals surface area contributed by atoms with E-state index in [2.05, 4.69) is 11.8 Å². The van der Waals surface area contributed by atoms with E-state index < -0.39 is 0 Å². The maximum absolute atomic E-state index is 4.89. The third-order valence-electron chi connectivity index (χ3n) is 1.00. The third kappa shape index (κ3) is 4.09. The van der Waals surface area contributed by atoms with Crippen molar-refractivity contribution in [2.75, 3.05) is 20.8 Å². The van der Waals surface area contributed by atoms with Crippen LogP contribution in [0.5, 0.6) is 0 Å². The molecule has 3 heteroatoms. The monoisotopic (exact) mass is 142 g/mol. The second-order valence-corrected chi connectivity index (χ2v) is 2.12. The summed E-state index contributed by atoms with van der Waals surface area (Å²) in [5.74, 6) is 0. The van der Waals surface area contributed by atoms with E-state index in [1.54, 1.807) is 12.1 Å². The van der Waals surface area contributed by atoms with Gasteiger partial charge in [0.05, 0.1) is 6.61 Å². The van der Waals surface area contributed by atoms with Crippen LogP contribution in [-0.2, 0) is 4.74 Å². The largest absolute Gasteiger partial charge is 0.380 e. The van der Waals surface area contributed by atoms with Gasteiger partial charge in [0.15, 0.2) is 0 Å². The lowest BCUT2D eigenvalue weighted by molar-refractivity contribution is 0.224. The third-order valence-corrected chi connectivity index (χ3v) is 1.00. The Labute approximate surface area is 62.0 Å². The number of ether oxygens (including phenoxy) is 1. The van der Waals surface area contributed by atoms with E-state index in [1.807, 2.05) is 20.2 Å². The van der Waals surface area contributed by atoms with E-state index in [0.717, 1.165) is 5.57 Å². The van der Waals surface area contributed by atoms with Gasteiger partial charge >= 0.3 is 0 Å². The van der Waals surface area contributed by atoms with Crippen LogP contribution in [-0.4, -0.2) is 32.5 Å². The maximum atomic E-state index is 4.89. The van der Waals surface area contributed by atoms with Gasteiger partial charge in [0.25, 0.3) is 0 Å². The van der Waals surface area contributed by atoms with Gasteiger partial charge in [-0.05, 0) is 12.5 Å². The van der Waals surface area contributed by atoms with Crippen LogP contribution in [0.15, 0.2) is 16.9 Å². The van der Waals surface area contributed by atoms with Crippen LogP contribution in [0.2, 0.25) is 0 Å². The minimum absolute atomic E-state index is 0.639. The molecule has 0 aromatic heterocycles. The molecule has 0 saturated heterocycles. The average Bonchev–Trinajstić information content (AvgIpc) is 1.88. The number of hydrogen-bond acceptors (Lipinski definition) is 3. The number of rotatable bonds is 4. The fourth-order valence-electron chi connectivity index (χ4n) is 0.625. The Bertz CT molecular complexity index is 132. The lowest BCUT2D eigenvalue weighted by Crippen LogP contribution is -2.02. The number of hydrogen-bond donors (Lipinski definition) is 0. The Morgan fingerprint density at radius 3 is 2.80 bits per heavy atom. The second-order valence-electron chi connectivity index (χ2n) is 2.12. The van der Waals surface area contributed by atoms with Gasteiger partial charge < -0.3 is 4.74 Å². The van der Waals surface area contributed by atoms with Crippen LogP contribution < -0.4 is 0 Å². The summed E-state index contributed by atoms with van der Waals surface area (Å²) in [6.07, 6.45) is 1.87. The van der Waals surface area contributed by atoms with Crippen molar-refractivity contribution in [2.45, 2.75) is 6.92 Å². The van der Waals surface area contributed by atoms with Crippen molar-refractivity contribution in [1.82, 2.24) is 5.01 Å². The summed E-state index contributed by atoms with van der Waals surface area (Å²) in [6.45, 7) is 5.98. The quantitative estimate of drug-likeness (QED) is 0.433. The lowest BCUT2D eigenvalue weighted by atomic mass is 10.3. The fraction of sp³-hybridized carbons (Fsp3) is 0.571. The molecule has 0 aromatic carbocycles. The van der Waals surface area contributed by atoms with Crippen molar-refractivity contribution in [2.24, 2.45) is 5.10 Å². The minimum atomic E-state index is 0.639. The zero-order valence-corrected chi connectivity index (χ0v) is 6.79. The molecular weight excluding hydrogens is 128 g/mol. The van der Waals surface area contributed by atoms with Gasteiger partial charge in [0.2, 0.25) is 0 Å². The second kappa shape index (κ2) is 4.99. The highest BCUT2D eigenvalue weighted by molar-refractivity contribution is 5.22. The highest BCUT2D eigenvalue weighted by atomic mass is 16.5. The molecule has 0 aliphatic rings. The molecular formula is C7H14N2O. The van der Waals surface area contributed by atoms with E-state index in [4.69, 9.17) is 4.74 Å². The molecule has 58 valence electrons. The van der Waals surface area contributed by atoms with Crippen LogP contribution in [0.3, 0.4) is 0 Å². The van der Waals surface area contributed by atoms with Crippen LogP contribution in [0, 0.1) is 0 Å². The molecule has 0 unspecified atom stereocenters. The Hall–Kier alpha value is -0.830. The van der Waals surface area contributed by atoms with Crippen molar-refractivity contribution in [1.29, 1.82) is 0 Å². The van der Waals surface area contributed by atoms with Crippen molar-refractivity contribution in [3.63, 3.8) is 0 Å². The predicted molar refractivity (Wildman–Crippen MR) is 42.9 cm³/mol. The molecule has 0 aliphatic heterocycles. The molecule has 0 amide bonds. The molecule has 3 nitrogen and oxygen atoms in total. The van der Waals surface area contributed by atoms with Crippen LogP contribution >= 0.6 is 0 Å². The van der Waals surface area contributed by atoms with Gasteiger partial charge in [0, 0.05) is 27.1 Å². The van der Waals surface area contributed by atoms with Gasteiger partial charge in [-0.3, -0.25) is 5.01 Å². The smallest absolute Gasteiger partial charge is 0.0687 e. The van der Waals surface area contributed by atoms with Gasteiger partial charge in [-0.15, -0.1) is 0 Å². The van der Waals surface area contributed by atoms with Gasteiger partial charge in [-0.2, -0.15) is 5.10 Å². The fourth-order valence-corrected chi connectivity index (χ4v) is 0.625. The molecule has 0 atom stereocenters. The summed E-state index contributed by atoms with van der Waals surface area (Å²) in [7, 11) is 3.49. The summed E-state index contributed by atoms with van der Waals surface area (Å²) in [5.41, 5.74) is 1.12. The zero-order valence-electron chi connectivity index (χ0n) is 6.79. The first kappa shape index (κ1) is 9.17. The number of hydrazone groups is 1. The Morgan fingerprint density at radius 2 is 2.40 bits per heavy atom. The predicted octanol–water partition coefficient (Wildman–Crippen LogP) is 1.08. The van der Waals surface area contributed by atoms with Gasteiger partial charge in [-0.25, -0.2) is 0 Å². The molecule has 0 aromatic rings. The SMILES string of the molecule is C=NN(C)/C=C(\C)COC. The van der Waals surface area contributed by atoms with Crippen molar-refractivity contribution < 1.29 is 4.74 Å². The first-order chi connectivity index (χ1) is 4.70. The lowest BCUT2D eigenvalue weighted by Gasteiger charge is -2.06. The molecule has 0 spiro atoms. The van der Waals surface area contributed by atoms with Gasteiger partial charge in [-0.1, -0.05) is 0 Å². The molecule has 0 saturated carbocycles. The van der Waals surface area contributed by atoms with Crippen LogP contribution in [0.25, 0.3) is 0 Å². The summed E-state index contributed by atoms with van der Waals surface area (Å²) in [4.78, 5) is 0. The van der Waals surface area contributed by atoms with Crippen molar-refractivity contribution >= 4 is 6.72 Å². The van der Waals surface area contributed by atoms with Crippen molar-refractivity contribution in [3.05, 3.63) is 11.8 Å². The summed E-state index contributed by atoms with van der Waals surface area (Å²) < 4.78 is 4.89. The molecule has 0 N–H and O–H groups in total.